The van der Waals surface area contributed by atoms with Crippen LogP contribution in [0.5, 0.6) is 0 Å². The average Bonchev–Trinajstić information content (AvgIpc) is 2.33. The molecule has 1 rings (SSSR count). The normalized spacial score (nSPS) is 12.7. The molecule has 0 radical (unpaired) electrons. The average molecular weight is 303 g/mol. The first-order valence-electron chi connectivity index (χ1n) is 6.22. The number of carbonyl (C=O) groups excluding carboxylic acids is 2. The van der Waals surface area contributed by atoms with E-state index in [0.717, 1.165) is 12.1 Å². The molecule has 7 heteroatoms. The fraction of sp³-hybridized carbons (Fsp3) is 0.429. The van der Waals surface area contributed by atoms with E-state index < -0.39 is 35.2 Å². The lowest BCUT2D eigenvalue weighted by Gasteiger charge is -2.23. The third kappa shape index (κ3) is 4.77. The zero-order valence-corrected chi connectivity index (χ0v) is 11.9. The van der Waals surface area contributed by atoms with Crippen LogP contribution < -0.4 is 5.32 Å². The zero-order valence-electron chi connectivity index (χ0n) is 11.9. The van der Waals surface area contributed by atoms with Gasteiger partial charge in [0.15, 0.2) is 17.5 Å². The van der Waals surface area contributed by atoms with Gasteiger partial charge in [0.1, 0.15) is 11.9 Å². The molecule has 0 aliphatic rings. The van der Waals surface area contributed by atoms with Crippen LogP contribution in [-0.4, -0.2) is 18.0 Å². The molecule has 0 heterocycles. The van der Waals surface area contributed by atoms with Crippen LogP contribution in [0, 0.1) is 17.5 Å². The Balaban J connectivity index is 3.00. The minimum atomic E-state index is -1.66. The zero-order chi connectivity index (χ0) is 16.2. The first-order chi connectivity index (χ1) is 9.65. The number of aldehydes is 1. The highest BCUT2D eigenvalue weighted by Crippen LogP contribution is 2.23. The van der Waals surface area contributed by atoms with Crippen molar-refractivity contribution in [2.24, 2.45) is 0 Å². The van der Waals surface area contributed by atoms with Crippen LogP contribution in [0.4, 0.5) is 18.0 Å². The van der Waals surface area contributed by atoms with Gasteiger partial charge >= 0.3 is 6.09 Å². The molecule has 0 aliphatic heterocycles. The molecule has 0 fully saturated rings. The summed E-state index contributed by atoms with van der Waals surface area (Å²) in [4.78, 5) is 22.3. The molecule has 1 atom stereocenters. The van der Waals surface area contributed by atoms with Gasteiger partial charge in [0, 0.05) is 12.0 Å². The number of benzene rings is 1. The van der Waals surface area contributed by atoms with Crippen LogP contribution in [0.3, 0.4) is 0 Å². The van der Waals surface area contributed by atoms with E-state index in [1.807, 2.05) is 0 Å². The number of halogens is 3. The summed E-state index contributed by atoms with van der Waals surface area (Å²) in [7, 11) is 0. The van der Waals surface area contributed by atoms with Gasteiger partial charge in [-0.1, -0.05) is 6.07 Å². The number of hydrogen-bond acceptors (Lipinski definition) is 3. The number of nitrogens with one attached hydrogen (secondary N) is 1. The van der Waals surface area contributed by atoms with Gasteiger partial charge in [0.05, 0.1) is 6.04 Å². The summed E-state index contributed by atoms with van der Waals surface area (Å²) >= 11 is 0. The Morgan fingerprint density at radius 2 is 1.90 bits per heavy atom. The van der Waals surface area contributed by atoms with Gasteiger partial charge in [-0.05, 0) is 26.8 Å². The maximum Gasteiger partial charge on any atom is 0.408 e. The monoisotopic (exact) mass is 303 g/mol. The smallest absolute Gasteiger partial charge is 0.408 e. The fourth-order valence-electron chi connectivity index (χ4n) is 1.62. The predicted molar refractivity (Wildman–Crippen MR) is 69.1 cm³/mol. The summed E-state index contributed by atoms with van der Waals surface area (Å²) < 4.78 is 44.8. The van der Waals surface area contributed by atoms with E-state index in [2.05, 4.69) is 5.32 Å². The first kappa shape index (κ1) is 17.0. The Labute approximate surface area is 120 Å². The molecule has 0 aromatic heterocycles. The van der Waals surface area contributed by atoms with E-state index in [1.165, 1.54) is 0 Å². The molecule has 21 heavy (non-hydrogen) atoms. The van der Waals surface area contributed by atoms with Crippen molar-refractivity contribution in [3.05, 3.63) is 35.1 Å². The van der Waals surface area contributed by atoms with Crippen molar-refractivity contribution in [1.82, 2.24) is 5.32 Å². The molecule has 116 valence electrons. The quantitative estimate of drug-likeness (QED) is 0.686. The standard InChI is InChI=1S/C14H16F3NO3/c1-14(2,3)21-13(20)18-10(6-7-19)8-4-5-9(15)12(17)11(8)16/h4-5,7,10H,6H2,1-3H3,(H,18,20)/t10-/m0/s1. The number of alkyl carbamates (subject to hydrolysis) is 1. The van der Waals surface area contributed by atoms with Gasteiger partial charge in [-0.15, -0.1) is 0 Å². The molecule has 1 aromatic carbocycles. The third-order valence-corrected chi connectivity index (χ3v) is 2.46. The molecule has 1 N–H and O–H groups in total. The molecule has 1 aromatic rings. The van der Waals surface area contributed by atoms with Crippen LogP contribution in [0.2, 0.25) is 0 Å². The van der Waals surface area contributed by atoms with Crippen molar-refractivity contribution in [3.63, 3.8) is 0 Å². The molecule has 4 nitrogen and oxygen atoms in total. The minimum Gasteiger partial charge on any atom is -0.444 e. The first-order valence-corrected chi connectivity index (χ1v) is 6.22. The van der Waals surface area contributed by atoms with E-state index in [1.54, 1.807) is 20.8 Å². The Morgan fingerprint density at radius 3 is 2.43 bits per heavy atom. The topological polar surface area (TPSA) is 55.4 Å². The summed E-state index contributed by atoms with van der Waals surface area (Å²) in [6, 6.07) is 0.550. The Hall–Kier alpha value is -2.05. The Morgan fingerprint density at radius 1 is 1.29 bits per heavy atom. The van der Waals surface area contributed by atoms with Crippen molar-refractivity contribution in [3.8, 4) is 0 Å². The lowest BCUT2D eigenvalue weighted by molar-refractivity contribution is -0.108. The highest BCUT2D eigenvalue weighted by Gasteiger charge is 2.24. The molecule has 0 unspecified atom stereocenters. The summed E-state index contributed by atoms with van der Waals surface area (Å²) in [5, 5.41) is 2.26. The van der Waals surface area contributed by atoms with Crippen LogP contribution in [0.15, 0.2) is 12.1 Å². The molecule has 0 bridgehead atoms. The van der Waals surface area contributed by atoms with Gasteiger partial charge in [-0.25, -0.2) is 18.0 Å². The number of carbonyl (C=O) groups is 2. The van der Waals surface area contributed by atoms with E-state index in [0.29, 0.717) is 6.29 Å². The van der Waals surface area contributed by atoms with Crippen molar-refractivity contribution < 1.29 is 27.5 Å². The summed E-state index contributed by atoms with van der Waals surface area (Å²) in [6.45, 7) is 4.87. The van der Waals surface area contributed by atoms with Crippen LogP contribution in [-0.2, 0) is 9.53 Å². The molecule has 0 saturated heterocycles. The van der Waals surface area contributed by atoms with Crippen LogP contribution >= 0.6 is 0 Å². The molecular formula is C14H16F3NO3. The highest BCUT2D eigenvalue weighted by molar-refractivity contribution is 5.69. The Kier molecular flexibility index (Phi) is 5.34. The van der Waals surface area contributed by atoms with Crippen LogP contribution in [0.1, 0.15) is 38.8 Å². The second-order valence-electron chi connectivity index (χ2n) is 5.37. The molecular weight excluding hydrogens is 287 g/mol. The van der Waals surface area contributed by atoms with E-state index in [-0.39, 0.29) is 12.0 Å². The van der Waals surface area contributed by atoms with Crippen molar-refractivity contribution in [2.75, 3.05) is 0 Å². The molecule has 0 spiro atoms. The third-order valence-electron chi connectivity index (χ3n) is 2.46. The van der Waals surface area contributed by atoms with E-state index in [9.17, 15) is 22.8 Å². The number of rotatable bonds is 4. The maximum atomic E-state index is 13.7. The van der Waals surface area contributed by atoms with Crippen molar-refractivity contribution in [1.29, 1.82) is 0 Å². The highest BCUT2D eigenvalue weighted by atomic mass is 19.2. The van der Waals surface area contributed by atoms with Gasteiger partial charge in [-0.3, -0.25) is 0 Å². The number of hydrogen-bond donors (Lipinski definition) is 1. The second kappa shape index (κ2) is 6.60. The Bertz CT molecular complexity index is 541. The summed E-state index contributed by atoms with van der Waals surface area (Å²) in [5.41, 5.74) is -1.12. The SMILES string of the molecule is CC(C)(C)OC(=O)N[C@@H](CC=O)c1ccc(F)c(F)c1F. The molecule has 0 saturated carbocycles. The lowest BCUT2D eigenvalue weighted by Crippen LogP contribution is -2.35. The second-order valence-corrected chi connectivity index (χ2v) is 5.37. The minimum absolute atomic E-state index is 0.304. The van der Waals surface area contributed by atoms with Crippen molar-refractivity contribution >= 4 is 12.4 Å². The van der Waals surface area contributed by atoms with Crippen LogP contribution in [0.25, 0.3) is 0 Å². The molecule has 1 amide bonds. The van der Waals surface area contributed by atoms with E-state index in [4.69, 9.17) is 4.74 Å². The summed E-state index contributed by atoms with van der Waals surface area (Å²) in [6.07, 6.45) is -0.761. The number of amides is 1. The van der Waals surface area contributed by atoms with E-state index >= 15 is 0 Å². The van der Waals surface area contributed by atoms with Gasteiger partial charge in [-0.2, -0.15) is 0 Å². The predicted octanol–water partition coefficient (Wildman–Crippen LogP) is 3.26. The molecule has 0 aliphatic carbocycles. The van der Waals surface area contributed by atoms with Gasteiger partial charge in [0.25, 0.3) is 0 Å². The van der Waals surface area contributed by atoms with Gasteiger partial charge in [0.2, 0.25) is 0 Å². The largest absolute Gasteiger partial charge is 0.444 e. The van der Waals surface area contributed by atoms with Gasteiger partial charge < -0.3 is 14.8 Å². The summed E-state index contributed by atoms with van der Waals surface area (Å²) in [5.74, 6) is -4.45. The van der Waals surface area contributed by atoms with Crippen molar-refractivity contribution in [2.45, 2.75) is 38.8 Å². The fourth-order valence-corrected chi connectivity index (χ4v) is 1.62. The maximum absolute atomic E-state index is 13.7. The number of ether oxygens (including phenoxy) is 1. The lowest BCUT2D eigenvalue weighted by atomic mass is 10.0.